The number of ketones is 1. The average Bonchev–Trinajstić information content (AvgIpc) is 3.91. The van der Waals surface area contributed by atoms with Gasteiger partial charge in [-0.05, 0) is 60.1 Å². The number of fused-ring (bicyclic) bond motifs is 1. The van der Waals surface area contributed by atoms with Gasteiger partial charge in [0.25, 0.3) is 5.91 Å². The van der Waals surface area contributed by atoms with Crippen molar-refractivity contribution in [3.8, 4) is 0 Å². The molecule has 2 aliphatic carbocycles. The fourth-order valence-electron chi connectivity index (χ4n) is 7.03. The monoisotopic (exact) mass is 744 g/mol. The Balaban J connectivity index is 1.51. The molecular weight excluding hydrogens is 692 g/mol. The number of hydrogen-bond acceptors (Lipinski definition) is 7. The molecule has 52 heavy (non-hydrogen) atoms. The first-order chi connectivity index (χ1) is 24.1. The van der Waals surface area contributed by atoms with E-state index in [-0.39, 0.29) is 47.7 Å². The van der Waals surface area contributed by atoms with E-state index in [2.05, 4.69) is 34.4 Å². The summed E-state index contributed by atoms with van der Waals surface area (Å²) in [4.78, 5) is 68.9. The number of benzene rings is 1. The number of nitrogens with one attached hydrogen (secondary N) is 4. The summed E-state index contributed by atoms with van der Waals surface area (Å²) < 4.78 is 41.1. The van der Waals surface area contributed by atoms with Crippen LogP contribution in [0.2, 0.25) is 0 Å². The normalized spacial score (nSPS) is 22.3. The van der Waals surface area contributed by atoms with Gasteiger partial charge in [0, 0.05) is 26.7 Å². The topological polar surface area (TPSA) is 174 Å². The number of carbonyl (C=O) groups excluding carboxylic acids is 5. The van der Waals surface area contributed by atoms with Crippen LogP contribution in [0.4, 0.5) is 9.18 Å². The second kappa shape index (κ2) is 15.5. The molecule has 15 heteroatoms. The zero-order chi connectivity index (χ0) is 38.9. The minimum Gasteiger partial charge on any atom is -0.346 e. The number of urea groups is 1. The molecule has 0 bridgehead atoms. The number of amides is 5. The predicted octanol–water partition coefficient (Wildman–Crippen LogP) is 2.74. The standard InChI is InChI=1S/C37H53FN6O7S/c1-10-16-39-33(47)30(45)26(17-22-14-15-22)40-32(46)29-28-25(37(28,7)8)19-44(29)34(48)31(36(4,5)6)42-35(49)41-27(21(2)3)20-43(9)52(50,51)24-13-11-12-23(38)18-24/h10-13,18,22,25-29,31H,1-2,14-17,19-20H2,3-9H3,(H,39,47)(H,40,46)(H2,41,42,49)/t25-,26?,27+,28-,29-,31+/m0/s1. The van der Waals surface area contributed by atoms with Crippen LogP contribution in [0.25, 0.3) is 0 Å². The van der Waals surface area contributed by atoms with E-state index < -0.39 is 75.0 Å². The van der Waals surface area contributed by atoms with Gasteiger partial charge in [-0.25, -0.2) is 17.6 Å². The van der Waals surface area contributed by atoms with Crippen LogP contribution in [-0.4, -0.2) is 98.0 Å². The number of rotatable bonds is 16. The molecule has 1 aromatic rings. The Labute approximate surface area is 306 Å². The maximum Gasteiger partial charge on any atom is 0.315 e. The van der Waals surface area contributed by atoms with Crippen LogP contribution in [0.5, 0.6) is 0 Å². The lowest BCUT2D eigenvalue weighted by atomic mass is 9.85. The third-order valence-electron chi connectivity index (χ3n) is 10.5. The maximum atomic E-state index is 14.4. The molecule has 6 atom stereocenters. The molecule has 2 saturated carbocycles. The van der Waals surface area contributed by atoms with Crippen molar-refractivity contribution in [2.24, 2.45) is 28.6 Å². The summed E-state index contributed by atoms with van der Waals surface area (Å²) in [7, 11) is -2.81. The number of sulfonamides is 1. The molecule has 0 aromatic heterocycles. The van der Waals surface area contributed by atoms with Crippen molar-refractivity contribution in [2.75, 3.05) is 26.7 Å². The molecule has 5 amide bonds. The van der Waals surface area contributed by atoms with Crippen LogP contribution >= 0.6 is 0 Å². The largest absolute Gasteiger partial charge is 0.346 e. The highest BCUT2D eigenvalue weighted by atomic mass is 32.2. The zero-order valence-corrected chi connectivity index (χ0v) is 31.9. The maximum absolute atomic E-state index is 14.4. The molecule has 1 aliphatic heterocycles. The van der Waals surface area contributed by atoms with E-state index in [0.717, 1.165) is 29.3 Å². The fraction of sp³-hybridized carbons (Fsp3) is 0.595. The quantitative estimate of drug-likeness (QED) is 0.149. The Hall–Kier alpha value is -4.11. The second-order valence-corrected chi connectivity index (χ2v) is 18.1. The third kappa shape index (κ3) is 9.08. The minimum absolute atomic E-state index is 0.0125. The first-order valence-electron chi connectivity index (χ1n) is 17.6. The Kier molecular flexibility index (Phi) is 12.1. The van der Waals surface area contributed by atoms with Crippen LogP contribution in [-0.2, 0) is 29.2 Å². The van der Waals surface area contributed by atoms with E-state index in [1.807, 2.05) is 13.8 Å². The molecule has 4 rings (SSSR count). The molecule has 1 heterocycles. The number of piperidine rings is 1. The van der Waals surface area contributed by atoms with E-state index in [4.69, 9.17) is 0 Å². The van der Waals surface area contributed by atoms with Gasteiger partial charge in [0.1, 0.15) is 17.9 Å². The minimum atomic E-state index is -4.11. The summed E-state index contributed by atoms with van der Waals surface area (Å²) in [5, 5.41) is 10.8. The Morgan fingerprint density at radius 1 is 1.10 bits per heavy atom. The summed E-state index contributed by atoms with van der Waals surface area (Å²) >= 11 is 0. The summed E-state index contributed by atoms with van der Waals surface area (Å²) in [5.74, 6) is -3.26. The lowest BCUT2D eigenvalue weighted by Gasteiger charge is -2.38. The number of likely N-dealkylation sites (tertiary alicyclic amines) is 1. The van der Waals surface area contributed by atoms with Gasteiger partial charge in [0.15, 0.2) is 0 Å². The van der Waals surface area contributed by atoms with Crippen LogP contribution in [0.3, 0.4) is 0 Å². The summed E-state index contributed by atoms with van der Waals surface area (Å²) in [6.45, 7) is 18.6. The molecule has 3 fully saturated rings. The first-order valence-corrected chi connectivity index (χ1v) is 19.0. The molecule has 1 aromatic carbocycles. The van der Waals surface area contributed by atoms with Gasteiger partial charge in [-0.3, -0.25) is 19.2 Å². The van der Waals surface area contributed by atoms with E-state index in [0.29, 0.717) is 12.0 Å². The van der Waals surface area contributed by atoms with Crippen molar-refractivity contribution in [3.63, 3.8) is 0 Å². The molecule has 1 saturated heterocycles. The summed E-state index contributed by atoms with van der Waals surface area (Å²) in [6, 6.07) is -0.137. The van der Waals surface area contributed by atoms with Gasteiger partial charge < -0.3 is 26.2 Å². The second-order valence-electron chi connectivity index (χ2n) is 16.1. The molecule has 286 valence electrons. The highest BCUT2D eigenvalue weighted by molar-refractivity contribution is 7.89. The molecule has 1 unspecified atom stereocenters. The molecule has 3 aliphatic rings. The van der Waals surface area contributed by atoms with Crippen LogP contribution < -0.4 is 21.3 Å². The van der Waals surface area contributed by atoms with Gasteiger partial charge in [0.05, 0.1) is 17.0 Å². The van der Waals surface area contributed by atoms with Gasteiger partial charge in [-0.15, -0.1) is 6.58 Å². The van der Waals surface area contributed by atoms with Crippen LogP contribution in [0, 0.1) is 34.4 Å². The predicted molar refractivity (Wildman–Crippen MR) is 193 cm³/mol. The third-order valence-corrected chi connectivity index (χ3v) is 12.3. The summed E-state index contributed by atoms with van der Waals surface area (Å²) in [5.41, 5.74) is -0.644. The SMILES string of the molecule is C=CCNC(=O)C(=O)C(CC1CC1)NC(=O)[C@@H]1[C@@H]2[C@H](CN1C(=O)[C@@H](NC(=O)N[C@H](CN(C)S(=O)(=O)c1cccc(F)c1)C(=C)C)C(C)(C)C)C2(C)C. The van der Waals surface area contributed by atoms with Crippen molar-refractivity contribution < 1.29 is 36.8 Å². The Morgan fingerprint density at radius 3 is 2.31 bits per heavy atom. The number of halogens is 1. The molecule has 13 nitrogen and oxygen atoms in total. The van der Waals surface area contributed by atoms with Crippen LogP contribution in [0.1, 0.15) is 60.8 Å². The molecule has 0 spiro atoms. The van der Waals surface area contributed by atoms with E-state index >= 15 is 0 Å². The molecular formula is C37H53FN6O7S. The van der Waals surface area contributed by atoms with Gasteiger partial charge in [-0.1, -0.05) is 71.8 Å². The Bertz CT molecular complexity index is 1720. The highest BCUT2D eigenvalue weighted by Gasteiger charge is 2.70. The number of Topliss-reactive ketones (excluding diaryl/α,β-unsaturated/α-hetero) is 1. The van der Waals surface area contributed by atoms with Crippen molar-refractivity contribution >= 4 is 39.6 Å². The first kappa shape index (κ1) is 40.7. The van der Waals surface area contributed by atoms with Crippen molar-refractivity contribution in [3.05, 3.63) is 54.9 Å². The van der Waals surface area contributed by atoms with E-state index in [9.17, 15) is 36.8 Å². The molecule has 0 radical (unpaired) electrons. The van der Waals surface area contributed by atoms with Gasteiger partial charge in [-0.2, -0.15) is 4.31 Å². The smallest absolute Gasteiger partial charge is 0.315 e. The number of likely N-dealkylation sites (N-methyl/N-ethyl adjacent to an activating group) is 1. The molecule has 4 N–H and O–H groups in total. The lowest BCUT2D eigenvalue weighted by Crippen LogP contribution is -2.62. The van der Waals surface area contributed by atoms with E-state index in [1.54, 1.807) is 27.7 Å². The zero-order valence-electron chi connectivity index (χ0n) is 31.1. The van der Waals surface area contributed by atoms with Crippen LogP contribution in [0.15, 0.2) is 54.0 Å². The van der Waals surface area contributed by atoms with E-state index in [1.165, 1.54) is 30.2 Å². The Morgan fingerprint density at radius 2 is 1.75 bits per heavy atom. The van der Waals surface area contributed by atoms with Crippen molar-refractivity contribution in [2.45, 2.75) is 89.9 Å². The summed E-state index contributed by atoms with van der Waals surface area (Å²) in [6.07, 6.45) is 3.56. The highest BCUT2D eigenvalue weighted by Crippen LogP contribution is 2.65. The number of carbonyl (C=O) groups is 5. The average molecular weight is 745 g/mol. The van der Waals surface area contributed by atoms with Crippen molar-refractivity contribution in [1.29, 1.82) is 0 Å². The van der Waals surface area contributed by atoms with Gasteiger partial charge >= 0.3 is 6.03 Å². The lowest BCUT2D eigenvalue weighted by molar-refractivity contribution is -0.145. The van der Waals surface area contributed by atoms with Gasteiger partial charge in [0.2, 0.25) is 27.6 Å². The van der Waals surface area contributed by atoms with Crippen molar-refractivity contribution in [1.82, 2.24) is 30.5 Å². The number of nitrogens with zero attached hydrogens (tertiary/aromatic N) is 2. The number of hydrogen-bond donors (Lipinski definition) is 4. The fourth-order valence-corrected chi connectivity index (χ4v) is 8.25.